The molecule has 0 aliphatic carbocycles. The Hall–Kier alpha value is -2.57. The van der Waals surface area contributed by atoms with Crippen molar-refractivity contribution in [2.24, 2.45) is 0 Å². The number of carbonyl (C=O) groups is 2. The number of fused-ring (bicyclic) bond motifs is 1. The molecule has 2 aliphatic heterocycles. The Bertz CT molecular complexity index is 924. The van der Waals surface area contributed by atoms with Crippen molar-refractivity contribution in [3.8, 4) is 5.75 Å². The molecular formula is C24H28ClN3O3. The van der Waals surface area contributed by atoms with Crippen LogP contribution in [0, 0.1) is 0 Å². The highest BCUT2D eigenvalue weighted by Gasteiger charge is 2.21. The molecule has 0 radical (unpaired) electrons. The third kappa shape index (κ3) is 5.77. The smallest absolute Gasteiger partial charge is 0.251 e. The molecule has 0 spiro atoms. The number of ether oxygens (including phenoxy) is 1. The van der Waals surface area contributed by atoms with E-state index in [4.69, 9.17) is 16.3 Å². The van der Waals surface area contributed by atoms with E-state index >= 15 is 0 Å². The van der Waals surface area contributed by atoms with Gasteiger partial charge < -0.3 is 15.0 Å². The quantitative estimate of drug-likeness (QED) is 0.670. The normalized spacial score (nSPS) is 16.0. The zero-order valence-corrected chi connectivity index (χ0v) is 18.4. The van der Waals surface area contributed by atoms with Gasteiger partial charge in [0.2, 0.25) is 5.91 Å². The lowest BCUT2D eigenvalue weighted by Crippen LogP contribution is -2.48. The molecule has 164 valence electrons. The number of benzene rings is 2. The zero-order valence-electron chi connectivity index (χ0n) is 17.6. The molecule has 6 nitrogen and oxygen atoms in total. The molecule has 0 unspecified atom stereocenters. The van der Waals surface area contributed by atoms with E-state index in [9.17, 15) is 9.59 Å². The highest BCUT2D eigenvalue weighted by molar-refractivity contribution is 6.30. The molecule has 2 amide bonds. The van der Waals surface area contributed by atoms with Crippen LogP contribution in [0.25, 0.3) is 0 Å². The number of piperazine rings is 1. The molecule has 4 rings (SSSR count). The number of carbonyl (C=O) groups excluding carboxylic acids is 2. The second kappa shape index (κ2) is 10.2. The standard InChI is InChI=1S/C24H28ClN3O3/c25-21-6-4-19(5-7-21)24(30)26-10-1-2-23(29)28-13-11-27(12-14-28)17-18-3-8-22-20(16-18)9-15-31-22/h3-8,16H,1-2,9-15,17H2,(H,26,30). The minimum Gasteiger partial charge on any atom is -0.493 e. The van der Waals surface area contributed by atoms with E-state index in [1.807, 2.05) is 4.90 Å². The van der Waals surface area contributed by atoms with Gasteiger partial charge in [0.25, 0.3) is 5.91 Å². The maximum atomic E-state index is 12.5. The molecule has 1 N–H and O–H groups in total. The van der Waals surface area contributed by atoms with E-state index in [0.29, 0.717) is 30.0 Å². The Morgan fingerprint density at radius 2 is 1.81 bits per heavy atom. The molecule has 31 heavy (non-hydrogen) atoms. The van der Waals surface area contributed by atoms with E-state index in [1.165, 1.54) is 11.1 Å². The number of amides is 2. The summed E-state index contributed by atoms with van der Waals surface area (Å²) in [6.07, 6.45) is 2.08. The molecule has 7 heteroatoms. The Labute approximate surface area is 188 Å². The maximum Gasteiger partial charge on any atom is 0.251 e. The number of halogens is 1. The fraction of sp³-hybridized carbons (Fsp3) is 0.417. The number of hydrogen-bond acceptors (Lipinski definition) is 4. The zero-order chi connectivity index (χ0) is 21.6. The van der Waals surface area contributed by atoms with Gasteiger partial charge in [0.05, 0.1) is 6.61 Å². The summed E-state index contributed by atoms with van der Waals surface area (Å²) in [5.74, 6) is 1.04. The van der Waals surface area contributed by atoms with Gasteiger partial charge in [-0.25, -0.2) is 0 Å². The van der Waals surface area contributed by atoms with Crippen molar-refractivity contribution in [2.45, 2.75) is 25.8 Å². The SMILES string of the molecule is O=C(NCCCC(=O)N1CCN(Cc2ccc3c(c2)CCO3)CC1)c1ccc(Cl)cc1. The number of rotatable bonds is 7. The van der Waals surface area contributed by atoms with Gasteiger partial charge in [-0.2, -0.15) is 0 Å². The van der Waals surface area contributed by atoms with Crippen LogP contribution < -0.4 is 10.1 Å². The van der Waals surface area contributed by atoms with Crippen molar-refractivity contribution in [3.63, 3.8) is 0 Å². The summed E-state index contributed by atoms with van der Waals surface area (Å²) in [5, 5.41) is 3.46. The Kier molecular flexibility index (Phi) is 7.10. The van der Waals surface area contributed by atoms with E-state index in [0.717, 1.165) is 51.5 Å². The predicted molar refractivity (Wildman–Crippen MR) is 121 cm³/mol. The summed E-state index contributed by atoms with van der Waals surface area (Å²) in [5.41, 5.74) is 3.18. The summed E-state index contributed by atoms with van der Waals surface area (Å²) < 4.78 is 5.58. The van der Waals surface area contributed by atoms with Crippen molar-refractivity contribution in [2.75, 3.05) is 39.3 Å². The minimum absolute atomic E-state index is 0.143. The molecule has 1 saturated heterocycles. The average Bonchev–Trinajstić information content (AvgIpc) is 3.25. The monoisotopic (exact) mass is 441 g/mol. The van der Waals surface area contributed by atoms with E-state index in [-0.39, 0.29) is 11.8 Å². The van der Waals surface area contributed by atoms with Crippen LogP contribution in [-0.4, -0.2) is 60.9 Å². The van der Waals surface area contributed by atoms with Gasteiger partial charge in [-0.3, -0.25) is 14.5 Å². The van der Waals surface area contributed by atoms with Gasteiger partial charge >= 0.3 is 0 Å². The Morgan fingerprint density at radius 3 is 2.58 bits per heavy atom. The minimum atomic E-state index is -0.143. The van der Waals surface area contributed by atoms with Crippen molar-refractivity contribution >= 4 is 23.4 Å². The lowest BCUT2D eigenvalue weighted by molar-refractivity contribution is -0.133. The molecule has 2 aromatic carbocycles. The van der Waals surface area contributed by atoms with Gasteiger partial charge in [0.15, 0.2) is 0 Å². The Morgan fingerprint density at radius 1 is 1.03 bits per heavy atom. The van der Waals surface area contributed by atoms with Gasteiger partial charge in [-0.1, -0.05) is 23.7 Å². The molecule has 2 aliphatic rings. The summed E-state index contributed by atoms with van der Waals surface area (Å²) in [6, 6.07) is 13.2. The number of nitrogens with zero attached hydrogens (tertiary/aromatic N) is 2. The first-order valence-corrected chi connectivity index (χ1v) is 11.2. The maximum absolute atomic E-state index is 12.5. The van der Waals surface area contributed by atoms with Gasteiger partial charge in [-0.15, -0.1) is 0 Å². The Balaban J connectivity index is 1.14. The van der Waals surface area contributed by atoms with Crippen LogP contribution in [-0.2, 0) is 17.8 Å². The van der Waals surface area contributed by atoms with Crippen LogP contribution in [0.4, 0.5) is 0 Å². The van der Waals surface area contributed by atoms with Crippen LogP contribution in [0.2, 0.25) is 5.02 Å². The highest BCUT2D eigenvalue weighted by Crippen LogP contribution is 2.26. The van der Waals surface area contributed by atoms with E-state index < -0.39 is 0 Å². The molecule has 2 aromatic rings. The fourth-order valence-corrected chi connectivity index (χ4v) is 4.18. The second-order valence-electron chi connectivity index (χ2n) is 8.06. The predicted octanol–water partition coefficient (Wildman–Crippen LogP) is 3.13. The van der Waals surface area contributed by atoms with Crippen molar-refractivity contribution in [3.05, 3.63) is 64.2 Å². The summed E-state index contributed by atoms with van der Waals surface area (Å²) in [7, 11) is 0. The molecule has 0 bridgehead atoms. The fourth-order valence-electron chi connectivity index (χ4n) is 4.05. The average molecular weight is 442 g/mol. The third-order valence-electron chi connectivity index (χ3n) is 5.84. The molecular weight excluding hydrogens is 414 g/mol. The second-order valence-corrected chi connectivity index (χ2v) is 8.50. The summed E-state index contributed by atoms with van der Waals surface area (Å²) in [6.45, 7) is 5.44. The van der Waals surface area contributed by atoms with Gasteiger partial charge in [-0.05, 0) is 47.9 Å². The summed E-state index contributed by atoms with van der Waals surface area (Å²) >= 11 is 5.84. The first-order valence-electron chi connectivity index (χ1n) is 10.9. The number of nitrogens with one attached hydrogen (secondary N) is 1. The first kappa shape index (κ1) is 21.7. The lowest BCUT2D eigenvalue weighted by atomic mass is 10.1. The highest BCUT2D eigenvalue weighted by atomic mass is 35.5. The topological polar surface area (TPSA) is 61.9 Å². The number of hydrogen-bond donors (Lipinski definition) is 1. The van der Waals surface area contributed by atoms with Crippen molar-refractivity contribution in [1.29, 1.82) is 0 Å². The largest absolute Gasteiger partial charge is 0.493 e. The molecule has 0 atom stereocenters. The van der Waals surface area contributed by atoms with Crippen LogP contribution in [0.15, 0.2) is 42.5 Å². The van der Waals surface area contributed by atoms with E-state index in [1.54, 1.807) is 24.3 Å². The molecule has 0 saturated carbocycles. The third-order valence-corrected chi connectivity index (χ3v) is 6.10. The first-order chi connectivity index (χ1) is 15.1. The van der Waals surface area contributed by atoms with Crippen LogP contribution in [0.1, 0.15) is 34.3 Å². The van der Waals surface area contributed by atoms with Crippen molar-refractivity contribution in [1.82, 2.24) is 15.1 Å². The molecule has 1 fully saturated rings. The van der Waals surface area contributed by atoms with Crippen LogP contribution >= 0.6 is 11.6 Å². The molecule has 0 aromatic heterocycles. The summed E-state index contributed by atoms with van der Waals surface area (Å²) in [4.78, 5) is 28.9. The van der Waals surface area contributed by atoms with E-state index in [2.05, 4.69) is 28.4 Å². The van der Waals surface area contributed by atoms with Crippen molar-refractivity contribution < 1.29 is 14.3 Å². The lowest BCUT2D eigenvalue weighted by Gasteiger charge is -2.35. The van der Waals surface area contributed by atoms with Crippen LogP contribution in [0.5, 0.6) is 5.75 Å². The van der Waals surface area contributed by atoms with Gasteiger partial charge in [0, 0.05) is 62.7 Å². The van der Waals surface area contributed by atoms with Crippen LogP contribution in [0.3, 0.4) is 0 Å². The van der Waals surface area contributed by atoms with Gasteiger partial charge in [0.1, 0.15) is 5.75 Å². The molecule has 2 heterocycles.